The number of aliphatic hydroxyl groups is 1. The first-order chi connectivity index (χ1) is 9.88. The highest BCUT2D eigenvalue weighted by Crippen LogP contribution is 2.27. The van der Waals surface area contributed by atoms with Gasteiger partial charge >= 0.3 is 5.97 Å². The number of amides is 1. The number of nitrogens with zero attached hydrogens (tertiary/aromatic N) is 1. The van der Waals surface area contributed by atoms with Crippen molar-refractivity contribution in [3.05, 3.63) is 28.2 Å². The zero-order chi connectivity index (χ0) is 15.6. The van der Waals surface area contributed by atoms with Crippen LogP contribution in [0, 0.1) is 6.92 Å². The monoisotopic (exact) mass is 373 g/mol. The van der Waals surface area contributed by atoms with E-state index in [-0.39, 0.29) is 24.6 Å². The fourth-order valence-corrected chi connectivity index (χ4v) is 3.69. The zero-order valence-corrected chi connectivity index (χ0v) is 13.9. The van der Waals surface area contributed by atoms with E-state index >= 15 is 0 Å². The largest absolute Gasteiger partial charge is 0.480 e. The fourth-order valence-electron chi connectivity index (χ4n) is 2.32. The van der Waals surface area contributed by atoms with Gasteiger partial charge in [0.15, 0.2) is 0 Å². The second-order valence-electron chi connectivity index (χ2n) is 4.99. The third-order valence-electron chi connectivity index (χ3n) is 3.37. The highest BCUT2D eigenvalue weighted by molar-refractivity contribution is 9.10. The molecule has 1 amide bonds. The van der Waals surface area contributed by atoms with Crippen LogP contribution in [0.1, 0.15) is 12.0 Å². The molecule has 1 saturated heterocycles. The molecule has 21 heavy (non-hydrogen) atoms. The summed E-state index contributed by atoms with van der Waals surface area (Å²) >= 11 is 4.76. The Morgan fingerprint density at radius 3 is 2.81 bits per heavy atom. The summed E-state index contributed by atoms with van der Waals surface area (Å²) in [5.74, 6) is -1.16. The normalized spacial score (nSPS) is 21.6. The van der Waals surface area contributed by atoms with Gasteiger partial charge in [0.2, 0.25) is 5.91 Å². The minimum absolute atomic E-state index is 0.0929. The van der Waals surface area contributed by atoms with Crippen molar-refractivity contribution in [1.82, 2.24) is 4.90 Å². The van der Waals surface area contributed by atoms with E-state index in [2.05, 4.69) is 15.9 Å². The van der Waals surface area contributed by atoms with E-state index in [9.17, 15) is 14.7 Å². The van der Waals surface area contributed by atoms with E-state index < -0.39 is 18.1 Å². The first kappa shape index (κ1) is 16.3. The third kappa shape index (κ3) is 3.99. The molecule has 0 saturated carbocycles. The summed E-state index contributed by atoms with van der Waals surface area (Å²) in [5, 5.41) is 18.7. The average molecular weight is 374 g/mol. The van der Waals surface area contributed by atoms with Crippen molar-refractivity contribution in [1.29, 1.82) is 0 Å². The van der Waals surface area contributed by atoms with Crippen molar-refractivity contribution >= 4 is 39.6 Å². The Morgan fingerprint density at radius 1 is 1.48 bits per heavy atom. The zero-order valence-electron chi connectivity index (χ0n) is 11.5. The Bertz CT molecular complexity index is 566. The van der Waals surface area contributed by atoms with Gasteiger partial charge in [0, 0.05) is 22.3 Å². The van der Waals surface area contributed by atoms with Gasteiger partial charge in [-0.2, -0.15) is 0 Å². The number of benzene rings is 1. The summed E-state index contributed by atoms with van der Waals surface area (Å²) in [4.78, 5) is 25.5. The lowest BCUT2D eigenvalue weighted by Crippen LogP contribution is -2.41. The van der Waals surface area contributed by atoms with Crippen LogP contribution >= 0.6 is 27.7 Å². The number of thioether (sulfide) groups is 1. The lowest BCUT2D eigenvalue weighted by molar-refractivity contribution is -0.147. The number of aliphatic carboxylic acids is 1. The van der Waals surface area contributed by atoms with E-state index in [0.717, 1.165) is 14.9 Å². The van der Waals surface area contributed by atoms with Crippen molar-refractivity contribution in [2.45, 2.75) is 30.4 Å². The highest BCUT2D eigenvalue weighted by atomic mass is 79.9. The van der Waals surface area contributed by atoms with Gasteiger partial charge in [-0.15, -0.1) is 11.8 Å². The molecular formula is C14H16BrNO4S. The molecule has 0 aromatic heterocycles. The van der Waals surface area contributed by atoms with Gasteiger partial charge in [-0.1, -0.05) is 15.9 Å². The molecular weight excluding hydrogens is 358 g/mol. The molecule has 2 atom stereocenters. The molecule has 1 aliphatic heterocycles. The summed E-state index contributed by atoms with van der Waals surface area (Å²) < 4.78 is 0.976. The van der Waals surface area contributed by atoms with Crippen molar-refractivity contribution in [2.24, 2.45) is 0 Å². The molecule has 5 nitrogen and oxygen atoms in total. The predicted molar refractivity (Wildman–Crippen MR) is 83.4 cm³/mol. The summed E-state index contributed by atoms with van der Waals surface area (Å²) in [7, 11) is 0. The molecule has 0 aliphatic carbocycles. The van der Waals surface area contributed by atoms with Gasteiger partial charge in [-0.25, -0.2) is 4.79 Å². The lowest BCUT2D eigenvalue weighted by Gasteiger charge is -2.21. The number of likely N-dealkylation sites (tertiary alicyclic amines) is 1. The summed E-state index contributed by atoms with van der Waals surface area (Å²) in [6, 6.07) is 4.87. The molecule has 0 bridgehead atoms. The van der Waals surface area contributed by atoms with Crippen molar-refractivity contribution in [2.75, 3.05) is 12.3 Å². The van der Waals surface area contributed by atoms with Crippen LogP contribution in [0.5, 0.6) is 0 Å². The van der Waals surface area contributed by atoms with Crippen molar-refractivity contribution in [3.8, 4) is 0 Å². The van der Waals surface area contributed by atoms with Crippen LogP contribution in [0.3, 0.4) is 0 Å². The molecule has 7 heteroatoms. The standard InChI is InChI=1S/C14H16BrNO4S/c1-8-4-9(15)2-3-12(8)21-7-13(18)16-6-10(17)5-11(16)14(19)20/h2-4,10-11,17H,5-7H2,1H3,(H,19,20). The number of carbonyl (C=O) groups excluding carboxylic acids is 1. The number of carboxylic acids is 1. The molecule has 1 aromatic rings. The topological polar surface area (TPSA) is 77.8 Å². The molecule has 0 radical (unpaired) electrons. The maximum atomic E-state index is 12.2. The number of carbonyl (C=O) groups is 2. The third-order valence-corrected chi connectivity index (χ3v) is 5.03. The Kier molecular flexibility index (Phi) is 5.29. The number of hydrogen-bond donors (Lipinski definition) is 2. The van der Waals surface area contributed by atoms with E-state index in [1.165, 1.54) is 16.7 Å². The van der Waals surface area contributed by atoms with E-state index in [4.69, 9.17) is 5.11 Å². The molecule has 2 unspecified atom stereocenters. The average Bonchev–Trinajstić information content (AvgIpc) is 2.80. The van der Waals surface area contributed by atoms with E-state index in [1.54, 1.807) is 0 Å². The smallest absolute Gasteiger partial charge is 0.326 e. The number of aliphatic hydroxyl groups excluding tert-OH is 1. The van der Waals surface area contributed by atoms with Gasteiger partial charge in [-0.05, 0) is 30.7 Å². The molecule has 1 aromatic carbocycles. The predicted octanol–water partition coefficient (Wildman–Crippen LogP) is 1.90. The van der Waals surface area contributed by atoms with Gasteiger partial charge in [-0.3, -0.25) is 4.79 Å². The van der Waals surface area contributed by atoms with E-state index in [1.807, 2.05) is 25.1 Å². The summed E-state index contributed by atoms with van der Waals surface area (Å²) in [5.41, 5.74) is 1.05. The van der Waals surface area contributed by atoms with Gasteiger partial charge in [0.05, 0.1) is 11.9 Å². The molecule has 0 spiro atoms. The highest BCUT2D eigenvalue weighted by Gasteiger charge is 2.38. The number of carboxylic acid groups (broad SMARTS) is 1. The fraction of sp³-hybridized carbons (Fsp3) is 0.429. The number of aryl methyl sites for hydroxylation is 1. The number of β-amino-alcohol motifs (C(OH)–C–C–N with tert-alkyl or cyclic N) is 1. The second kappa shape index (κ2) is 6.81. The quantitative estimate of drug-likeness (QED) is 0.788. The van der Waals surface area contributed by atoms with Crippen LogP contribution < -0.4 is 0 Å². The Labute approximate surface area is 135 Å². The first-order valence-corrected chi connectivity index (χ1v) is 8.25. The van der Waals surface area contributed by atoms with Crippen LogP contribution in [0.4, 0.5) is 0 Å². The maximum absolute atomic E-state index is 12.2. The van der Waals surface area contributed by atoms with Crippen LogP contribution in [0.2, 0.25) is 0 Å². The molecule has 1 aliphatic rings. The van der Waals surface area contributed by atoms with E-state index in [0.29, 0.717) is 0 Å². The SMILES string of the molecule is Cc1cc(Br)ccc1SCC(=O)N1CC(O)CC1C(=O)O. The van der Waals surface area contributed by atoms with Crippen LogP contribution in [-0.2, 0) is 9.59 Å². The molecule has 1 fully saturated rings. The van der Waals surface area contributed by atoms with Gasteiger partial charge in [0.25, 0.3) is 0 Å². The summed E-state index contributed by atoms with van der Waals surface area (Å²) in [6.45, 7) is 2.05. The Hall–Kier alpha value is -1.05. The number of rotatable bonds is 4. The molecule has 2 rings (SSSR count). The van der Waals surface area contributed by atoms with Gasteiger partial charge < -0.3 is 15.1 Å². The Balaban J connectivity index is 1.99. The number of halogens is 1. The second-order valence-corrected chi connectivity index (χ2v) is 6.92. The van der Waals surface area contributed by atoms with Crippen molar-refractivity contribution < 1.29 is 19.8 Å². The minimum Gasteiger partial charge on any atom is -0.480 e. The maximum Gasteiger partial charge on any atom is 0.326 e. The lowest BCUT2D eigenvalue weighted by atomic mass is 10.2. The summed E-state index contributed by atoms with van der Waals surface area (Å²) in [6.07, 6.45) is -0.655. The first-order valence-electron chi connectivity index (χ1n) is 6.47. The van der Waals surface area contributed by atoms with Crippen LogP contribution in [-0.4, -0.2) is 51.4 Å². The Morgan fingerprint density at radius 2 is 2.19 bits per heavy atom. The number of hydrogen-bond acceptors (Lipinski definition) is 4. The van der Waals surface area contributed by atoms with Gasteiger partial charge in [0.1, 0.15) is 6.04 Å². The van der Waals surface area contributed by atoms with Crippen LogP contribution in [0.15, 0.2) is 27.6 Å². The van der Waals surface area contributed by atoms with Crippen molar-refractivity contribution in [3.63, 3.8) is 0 Å². The minimum atomic E-state index is -1.07. The van der Waals surface area contributed by atoms with Crippen LogP contribution in [0.25, 0.3) is 0 Å². The molecule has 2 N–H and O–H groups in total. The molecule has 114 valence electrons. The molecule has 1 heterocycles.